The number of nitrogens with zero attached hydrogens (tertiary/aromatic N) is 2. The highest BCUT2D eigenvalue weighted by Crippen LogP contribution is 2.17. The van der Waals surface area contributed by atoms with Gasteiger partial charge in [-0.1, -0.05) is 12.8 Å². The lowest BCUT2D eigenvalue weighted by atomic mass is 10.2. The molecule has 1 aromatic heterocycles. The molecule has 1 aliphatic carbocycles. The van der Waals surface area contributed by atoms with E-state index in [1.165, 1.54) is 23.6 Å². The van der Waals surface area contributed by atoms with Crippen LogP contribution < -0.4 is 10.9 Å². The van der Waals surface area contributed by atoms with Crippen LogP contribution in [0, 0.1) is 10.5 Å². The minimum Gasteiger partial charge on any atom is -0.352 e. The SMILES string of the molecule is Cc1ncc(I)c(=O)n1CC(=O)NC1CCCC1. The van der Waals surface area contributed by atoms with Crippen LogP contribution in [0.15, 0.2) is 11.0 Å². The first-order valence-electron chi connectivity index (χ1n) is 6.09. The van der Waals surface area contributed by atoms with Gasteiger partial charge in [-0.3, -0.25) is 14.2 Å². The van der Waals surface area contributed by atoms with Gasteiger partial charge in [0.2, 0.25) is 5.91 Å². The number of carbonyl (C=O) groups excluding carboxylic acids is 1. The molecule has 6 heteroatoms. The number of amides is 1. The number of nitrogens with one attached hydrogen (secondary N) is 1. The number of rotatable bonds is 3. The predicted molar refractivity (Wildman–Crippen MR) is 76.3 cm³/mol. The van der Waals surface area contributed by atoms with Gasteiger partial charge >= 0.3 is 0 Å². The normalized spacial score (nSPS) is 15.9. The Hall–Kier alpha value is -0.920. The van der Waals surface area contributed by atoms with Crippen molar-refractivity contribution in [3.05, 3.63) is 25.9 Å². The zero-order valence-electron chi connectivity index (χ0n) is 10.3. The average Bonchev–Trinajstić information content (AvgIpc) is 2.82. The van der Waals surface area contributed by atoms with Crippen molar-refractivity contribution in [2.24, 2.45) is 0 Å². The van der Waals surface area contributed by atoms with Crippen molar-refractivity contribution in [3.8, 4) is 0 Å². The lowest BCUT2D eigenvalue weighted by Gasteiger charge is -2.13. The standard InChI is InChI=1S/C12H16IN3O2/c1-8-14-6-10(13)12(18)16(8)7-11(17)15-9-4-2-3-5-9/h6,9H,2-5,7H2,1H3,(H,15,17). The Bertz CT molecular complexity index is 507. The van der Waals surface area contributed by atoms with E-state index in [4.69, 9.17) is 0 Å². The molecule has 98 valence electrons. The van der Waals surface area contributed by atoms with Gasteiger partial charge < -0.3 is 5.32 Å². The van der Waals surface area contributed by atoms with Gasteiger partial charge in [-0.15, -0.1) is 0 Å². The largest absolute Gasteiger partial charge is 0.352 e. The third kappa shape index (κ3) is 3.09. The molecule has 1 aromatic rings. The van der Waals surface area contributed by atoms with E-state index >= 15 is 0 Å². The van der Waals surface area contributed by atoms with E-state index < -0.39 is 0 Å². The molecule has 0 aromatic carbocycles. The molecule has 1 N–H and O–H groups in total. The number of aryl methyl sites for hydroxylation is 1. The Balaban J connectivity index is 2.07. The number of aromatic nitrogens is 2. The van der Waals surface area contributed by atoms with Crippen LogP contribution in [-0.4, -0.2) is 21.5 Å². The summed E-state index contributed by atoms with van der Waals surface area (Å²) in [4.78, 5) is 27.9. The summed E-state index contributed by atoms with van der Waals surface area (Å²) in [6.07, 6.45) is 5.97. The van der Waals surface area contributed by atoms with Gasteiger partial charge in [0, 0.05) is 12.2 Å². The van der Waals surface area contributed by atoms with E-state index in [1.54, 1.807) is 6.92 Å². The van der Waals surface area contributed by atoms with Crippen LogP contribution >= 0.6 is 22.6 Å². The summed E-state index contributed by atoms with van der Waals surface area (Å²) in [5.74, 6) is 0.470. The lowest BCUT2D eigenvalue weighted by Crippen LogP contribution is -2.38. The van der Waals surface area contributed by atoms with Gasteiger partial charge in [-0.2, -0.15) is 0 Å². The smallest absolute Gasteiger partial charge is 0.267 e. The molecular weight excluding hydrogens is 345 g/mol. The van der Waals surface area contributed by atoms with Crippen LogP contribution in [0.25, 0.3) is 0 Å². The zero-order valence-corrected chi connectivity index (χ0v) is 12.4. The fourth-order valence-electron chi connectivity index (χ4n) is 2.22. The summed E-state index contributed by atoms with van der Waals surface area (Å²) in [6, 6.07) is 0.282. The van der Waals surface area contributed by atoms with Crippen molar-refractivity contribution < 1.29 is 4.79 Å². The summed E-state index contributed by atoms with van der Waals surface area (Å²) >= 11 is 1.94. The van der Waals surface area contributed by atoms with Crippen LogP contribution in [0.1, 0.15) is 31.5 Å². The monoisotopic (exact) mass is 361 g/mol. The van der Waals surface area contributed by atoms with Crippen LogP contribution in [0.2, 0.25) is 0 Å². The van der Waals surface area contributed by atoms with Crippen molar-refractivity contribution in [3.63, 3.8) is 0 Å². The summed E-state index contributed by atoms with van der Waals surface area (Å²) in [5, 5.41) is 2.97. The number of halogens is 1. The number of hydrogen-bond donors (Lipinski definition) is 1. The van der Waals surface area contributed by atoms with Crippen molar-refractivity contribution in [2.75, 3.05) is 0 Å². The van der Waals surface area contributed by atoms with Crippen LogP contribution in [0.5, 0.6) is 0 Å². The molecule has 0 aliphatic heterocycles. The van der Waals surface area contributed by atoms with E-state index in [2.05, 4.69) is 10.3 Å². The van der Waals surface area contributed by atoms with Crippen LogP contribution in [0.3, 0.4) is 0 Å². The molecule has 1 aliphatic rings. The summed E-state index contributed by atoms with van der Waals surface area (Å²) in [5.41, 5.74) is -0.148. The molecule has 1 heterocycles. The Kier molecular flexibility index (Phi) is 4.36. The second-order valence-electron chi connectivity index (χ2n) is 4.59. The van der Waals surface area contributed by atoms with E-state index in [0.717, 1.165) is 12.8 Å². The Morgan fingerprint density at radius 3 is 2.89 bits per heavy atom. The Morgan fingerprint density at radius 2 is 2.22 bits per heavy atom. The highest BCUT2D eigenvalue weighted by atomic mass is 127. The van der Waals surface area contributed by atoms with Crippen LogP contribution in [0.4, 0.5) is 0 Å². The predicted octanol–water partition coefficient (Wildman–Crippen LogP) is 1.22. The molecule has 1 fully saturated rings. The molecule has 1 amide bonds. The fourth-order valence-corrected chi connectivity index (χ4v) is 2.65. The van der Waals surface area contributed by atoms with Gasteiger partial charge in [0.15, 0.2) is 0 Å². The number of hydrogen-bond acceptors (Lipinski definition) is 3. The van der Waals surface area contributed by atoms with E-state index in [0.29, 0.717) is 9.39 Å². The Morgan fingerprint density at radius 1 is 1.56 bits per heavy atom. The molecule has 0 atom stereocenters. The third-order valence-electron chi connectivity index (χ3n) is 3.23. The quantitative estimate of drug-likeness (QED) is 0.824. The van der Waals surface area contributed by atoms with Gasteiger partial charge in [0.05, 0.1) is 3.57 Å². The molecule has 18 heavy (non-hydrogen) atoms. The first-order chi connectivity index (χ1) is 8.58. The Labute approximate surface area is 119 Å². The first-order valence-corrected chi connectivity index (χ1v) is 7.17. The minimum absolute atomic E-state index is 0.0605. The third-order valence-corrected chi connectivity index (χ3v) is 3.97. The zero-order chi connectivity index (χ0) is 13.1. The maximum Gasteiger partial charge on any atom is 0.267 e. The van der Waals surface area contributed by atoms with Crippen molar-refractivity contribution in [2.45, 2.75) is 45.2 Å². The molecule has 0 bridgehead atoms. The molecule has 0 spiro atoms. The second kappa shape index (κ2) is 5.81. The van der Waals surface area contributed by atoms with E-state index in [9.17, 15) is 9.59 Å². The first kappa shape index (κ1) is 13.5. The number of carbonyl (C=O) groups is 1. The van der Waals surface area contributed by atoms with Crippen molar-refractivity contribution in [1.82, 2.24) is 14.9 Å². The summed E-state index contributed by atoms with van der Waals surface area (Å²) in [7, 11) is 0. The van der Waals surface area contributed by atoms with Crippen molar-refractivity contribution in [1.29, 1.82) is 0 Å². The maximum absolute atomic E-state index is 11.9. The van der Waals surface area contributed by atoms with Crippen LogP contribution in [-0.2, 0) is 11.3 Å². The molecule has 0 radical (unpaired) electrons. The molecule has 1 saturated carbocycles. The second-order valence-corrected chi connectivity index (χ2v) is 5.76. The summed E-state index contributed by atoms with van der Waals surface area (Å²) in [6.45, 7) is 1.80. The highest BCUT2D eigenvalue weighted by molar-refractivity contribution is 14.1. The lowest BCUT2D eigenvalue weighted by molar-refractivity contribution is -0.122. The minimum atomic E-state index is -0.148. The van der Waals surface area contributed by atoms with Gasteiger partial charge in [0.1, 0.15) is 12.4 Å². The fraction of sp³-hybridized carbons (Fsp3) is 0.583. The summed E-state index contributed by atoms with van der Waals surface area (Å²) < 4.78 is 1.96. The topological polar surface area (TPSA) is 64.0 Å². The van der Waals surface area contributed by atoms with E-state index in [-0.39, 0.29) is 24.1 Å². The molecular formula is C12H16IN3O2. The highest BCUT2D eigenvalue weighted by Gasteiger charge is 2.18. The van der Waals surface area contributed by atoms with Gasteiger partial charge in [-0.05, 0) is 42.4 Å². The van der Waals surface area contributed by atoms with Crippen molar-refractivity contribution >= 4 is 28.5 Å². The molecule has 2 rings (SSSR count). The average molecular weight is 361 g/mol. The van der Waals surface area contributed by atoms with Gasteiger partial charge in [-0.25, -0.2) is 4.98 Å². The molecule has 0 saturated heterocycles. The van der Waals surface area contributed by atoms with E-state index in [1.807, 2.05) is 22.6 Å². The molecule has 0 unspecified atom stereocenters. The maximum atomic E-state index is 11.9. The van der Waals surface area contributed by atoms with Gasteiger partial charge in [0.25, 0.3) is 5.56 Å². The molecule has 5 nitrogen and oxygen atoms in total.